The summed E-state index contributed by atoms with van der Waals surface area (Å²) in [5.41, 5.74) is -0.0804. The van der Waals surface area contributed by atoms with Crippen LogP contribution in [0.1, 0.15) is 13.3 Å². The van der Waals surface area contributed by atoms with Gasteiger partial charge in [0.15, 0.2) is 0 Å². The molecule has 3 N–H and O–H groups in total. The third-order valence-electron chi connectivity index (χ3n) is 2.49. The van der Waals surface area contributed by atoms with Crippen molar-refractivity contribution >= 4 is 0 Å². The number of hydrogen-bond acceptors (Lipinski definition) is 3. The Morgan fingerprint density at radius 3 is 2.08 bits per heavy atom. The summed E-state index contributed by atoms with van der Waals surface area (Å²) in [7, 11) is 5.86. The molecule has 72 valence electrons. The third-order valence-corrected chi connectivity index (χ3v) is 2.49. The summed E-state index contributed by atoms with van der Waals surface area (Å²) in [5.74, 6) is 0. The van der Waals surface area contributed by atoms with Gasteiger partial charge in [-0.3, -0.25) is 0 Å². The second-order valence-electron chi connectivity index (χ2n) is 3.07. The maximum absolute atomic E-state index is 3.73. The van der Waals surface area contributed by atoms with Gasteiger partial charge in [-0.15, -0.1) is 6.58 Å². The van der Waals surface area contributed by atoms with Crippen LogP contribution >= 0.6 is 0 Å². The molecule has 0 radical (unpaired) electrons. The van der Waals surface area contributed by atoms with Gasteiger partial charge in [0.05, 0.1) is 5.66 Å². The van der Waals surface area contributed by atoms with E-state index in [0.29, 0.717) is 6.04 Å². The molecule has 12 heavy (non-hydrogen) atoms. The topological polar surface area (TPSA) is 36.1 Å². The molecule has 0 saturated carbocycles. The smallest absolute Gasteiger partial charge is 0.0813 e. The Hall–Kier alpha value is -0.380. The fourth-order valence-electron chi connectivity index (χ4n) is 1.28. The average molecular weight is 171 g/mol. The minimum atomic E-state index is -0.0804. The van der Waals surface area contributed by atoms with Crippen molar-refractivity contribution in [2.24, 2.45) is 0 Å². The van der Waals surface area contributed by atoms with Crippen LogP contribution in [-0.2, 0) is 0 Å². The summed E-state index contributed by atoms with van der Waals surface area (Å²) in [5, 5.41) is 9.73. The Labute approximate surface area is 75.6 Å². The molecule has 3 heteroatoms. The van der Waals surface area contributed by atoms with Gasteiger partial charge < -0.3 is 16.0 Å². The molecule has 0 saturated heterocycles. The van der Waals surface area contributed by atoms with Crippen molar-refractivity contribution in [2.45, 2.75) is 25.0 Å². The lowest BCUT2D eigenvalue weighted by Crippen LogP contribution is -2.63. The van der Waals surface area contributed by atoms with Crippen LogP contribution in [0, 0.1) is 0 Å². The van der Waals surface area contributed by atoms with Crippen molar-refractivity contribution in [2.75, 3.05) is 21.1 Å². The molecule has 0 aromatic carbocycles. The average Bonchev–Trinajstić information content (AvgIpc) is 2.13. The first-order chi connectivity index (χ1) is 5.64. The minimum Gasteiger partial charge on any atom is -0.314 e. The van der Waals surface area contributed by atoms with Crippen molar-refractivity contribution in [3.05, 3.63) is 12.7 Å². The van der Waals surface area contributed by atoms with Crippen LogP contribution in [0.3, 0.4) is 0 Å². The summed E-state index contributed by atoms with van der Waals surface area (Å²) in [6, 6.07) is 0.352. The summed E-state index contributed by atoms with van der Waals surface area (Å²) in [6.07, 6.45) is 2.86. The summed E-state index contributed by atoms with van der Waals surface area (Å²) in [6.45, 7) is 5.86. The maximum atomic E-state index is 3.73. The highest BCUT2D eigenvalue weighted by Gasteiger charge is 2.28. The minimum absolute atomic E-state index is 0.0804. The van der Waals surface area contributed by atoms with Gasteiger partial charge in [-0.1, -0.05) is 6.08 Å². The highest BCUT2D eigenvalue weighted by Crippen LogP contribution is 2.08. The molecule has 0 spiro atoms. The highest BCUT2D eigenvalue weighted by molar-refractivity contribution is 4.94. The lowest BCUT2D eigenvalue weighted by atomic mass is 9.99. The molecule has 0 aromatic rings. The first-order valence-electron chi connectivity index (χ1n) is 4.30. The molecule has 0 fully saturated rings. The predicted octanol–water partition coefficient (Wildman–Crippen LogP) is 0.306. The van der Waals surface area contributed by atoms with Crippen molar-refractivity contribution in [1.82, 2.24) is 16.0 Å². The quantitative estimate of drug-likeness (QED) is 0.397. The Bertz CT molecular complexity index is 130. The van der Waals surface area contributed by atoms with Gasteiger partial charge in [0.2, 0.25) is 0 Å². The van der Waals surface area contributed by atoms with Gasteiger partial charge in [-0.25, -0.2) is 0 Å². The van der Waals surface area contributed by atoms with E-state index in [1.165, 1.54) is 0 Å². The van der Waals surface area contributed by atoms with E-state index in [0.717, 1.165) is 6.42 Å². The Morgan fingerprint density at radius 2 is 1.83 bits per heavy atom. The second kappa shape index (κ2) is 5.30. The third kappa shape index (κ3) is 2.59. The van der Waals surface area contributed by atoms with Crippen molar-refractivity contribution < 1.29 is 0 Å². The molecule has 0 aliphatic rings. The van der Waals surface area contributed by atoms with Crippen LogP contribution in [0.25, 0.3) is 0 Å². The summed E-state index contributed by atoms with van der Waals surface area (Å²) in [4.78, 5) is 0. The zero-order valence-corrected chi connectivity index (χ0v) is 8.57. The SMILES string of the molecule is C=CCC(NC)C(C)(NC)NC. The van der Waals surface area contributed by atoms with E-state index in [1.54, 1.807) is 0 Å². The lowest BCUT2D eigenvalue weighted by molar-refractivity contribution is 0.239. The molecule has 0 amide bonds. The molecule has 3 nitrogen and oxygen atoms in total. The monoisotopic (exact) mass is 171 g/mol. The summed E-state index contributed by atoms with van der Waals surface area (Å²) >= 11 is 0. The molecule has 0 aliphatic carbocycles. The largest absolute Gasteiger partial charge is 0.314 e. The van der Waals surface area contributed by atoms with Crippen molar-refractivity contribution in [3.63, 3.8) is 0 Å². The number of rotatable bonds is 6. The number of likely N-dealkylation sites (N-methyl/N-ethyl adjacent to an activating group) is 3. The molecule has 0 aliphatic heterocycles. The van der Waals surface area contributed by atoms with Gasteiger partial charge >= 0.3 is 0 Å². The van der Waals surface area contributed by atoms with Gasteiger partial charge in [-0.05, 0) is 34.5 Å². The zero-order valence-electron chi connectivity index (χ0n) is 8.57. The van der Waals surface area contributed by atoms with E-state index in [2.05, 4.69) is 29.5 Å². The second-order valence-corrected chi connectivity index (χ2v) is 3.07. The van der Waals surface area contributed by atoms with Crippen LogP contribution < -0.4 is 16.0 Å². The van der Waals surface area contributed by atoms with Crippen LogP contribution in [0.5, 0.6) is 0 Å². The van der Waals surface area contributed by atoms with E-state index >= 15 is 0 Å². The van der Waals surface area contributed by atoms with E-state index in [1.807, 2.05) is 27.2 Å². The molecule has 1 unspecified atom stereocenters. The fourth-order valence-corrected chi connectivity index (χ4v) is 1.28. The van der Waals surface area contributed by atoms with Gasteiger partial charge in [-0.2, -0.15) is 0 Å². The van der Waals surface area contributed by atoms with Gasteiger partial charge in [0.25, 0.3) is 0 Å². The molecule has 0 aromatic heterocycles. The number of hydrogen-bond donors (Lipinski definition) is 3. The van der Waals surface area contributed by atoms with E-state index < -0.39 is 0 Å². The van der Waals surface area contributed by atoms with E-state index in [4.69, 9.17) is 0 Å². The standard InChI is InChI=1S/C9H21N3/c1-6-7-8(10-3)9(2,11-4)12-5/h6,8,10-12H,1,7H2,2-5H3. The van der Waals surface area contributed by atoms with Crippen LogP contribution in [0.4, 0.5) is 0 Å². The normalized spacial score (nSPS) is 14.3. The van der Waals surface area contributed by atoms with E-state index in [9.17, 15) is 0 Å². The first-order valence-corrected chi connectivity index (χ1v) is 4.30. The van der Waals surface area contributed by atoms with Crippen LogP contribution in [-0.4, -0.2) is 32.8 Å². The molecule has 0 rings (SSSR count). The van der Waals surface area contributed by atoms with Crippen molar-refractivity contribution in [1.29, 1.82) is 0 Å². The Balaban J connectivity index is 4.31. The van der Waals surface area contributed by atoms with Gasteiger partial charge in [0.1, 0.15) is 0 Å². The Kier molecular flexibility index (Phi) is 5.13. The molecule has 1 atom stereocenters. The first kappa shape index (κ1) is 11.6. The van der Waals surface area contributed by atoms with Crippen LogP contribution in [0.2, 0.25) is 0 Å². The predicted molar refractivity (Wildman–Crippen MR) is 54.2 cm³/mol. The number of nitrogens with one attached hydrogen (secondary N) is 3. The molecule has 0 heterocycles. The molecular formula is C9H21N3. The fraction of sp³-hybridized carbons (Fsp3) is 0.778. The van der Waals surface area contributed by atoms with E-state index in [-0.39, 0.29) is 5.66 Å². The summed E-state index contributed by atoms with van der Waals surface area (Å²) < 4.78 is 0. The lowest BCUT2D eigenvalue weighted by Gasteiger charge is -2.36. The zero-order chi connectivity index (χ0) is 9.61. The Morgan fingerprint density at radius 1 is 1.33 bits per heavy atom. The van der Waals surface area contributed by atoms with Crippen molar-refractivity contribution in [3.8, 4) is 0 Å². The molecular weight excluding hydrogens is 150 g/mol. The molecule has 0 bridgehead atoms. The van der Waals surface area contributed by atoms with Crippen LogP contribution in [0.15, 0.2) is 12.7 Å². The van der Waals surface area contributed by atoms with Gasteiger partial charge in [0, 0.05) is 6.04 Å². The highest BCUT2D eigenvalue weighted by atomic mass is 15.2. The maximum Gasteiger partial charge on any atom is 0.0813 e.